The molecule has 2 aromatic carbocycles. The molecule has 2 N–H and O–H groups in total. The lowest BCUT2D eigenvalue weighted by Crippen LogP contribution is -2.21. The van der Waals surface area contributed by atoms with Crippen LogP contribution in [0.25, 0.3) is 0 Å². The van der Waals surface area contributed by atoms with Crippen LogP contribution < -0.4 is 20.1 Å². The van der Waals surface area contributed by atoms with Crippen LogP contribution in [0.2, 0.25) is 10.0 Å². The lowest BCUT2D eigenvalue weighted by atomic mass is 10.2. The van der Waals surface area contributed by atoms with Crippen LogP contribution in [-0.4, -0.2) is 25.5 Å². The van der Waals surface area contributed by atoms with Gasteiger partial charge in [-0.2, -0.15) is 0 Å². The maximum absolute atomic E-state index is 12.1. The summed E-state index contributed by atoms with van der Waals surface area (Å²) in [4.78, 5) is 23.3. The van der Waals surface area contributed by atoms with E-state index in [1.165, 1.54) is 14.0 Å². The number of hydrogen-bond acceptors (Lipinski definition) is 4. The van der Waals surface area contributed by atoms with E-state index in [0.29, 0.717) is 27.2 Å². The summed E-state index contributed by atoms with van der Waals surface area (Å²) in [5.74, 6) is 0.0200. The van der Waals surface area contributed by atoms with Crippen LogP contribution in [0.1, 0.15) is 6.92 Å². The van der Waals surface area contributed by atoms with E-state index in [2.05, 4.69) is 10.6 Å². The molecule has 0 aliphatic heterocycles. The molecule has 0 bridgehead atoms. The summed E-state index contributed by atoms with van der Waals surface area (Å²) in [5.41, 5.74) is 0.922. The van der Waals surface area contributed by atoms with Crippen molar-refractivity contribution in [3.8, 4) is 11.5 Å². The summed E-state index contributed by atoms with van der Waals surface area (Å²) in [6, 6.07) is 9.78. The zero-order chi connectivity index (χ0) is 18.4. The molecule has 2 amide bonds. The van der Waals surface area contributed by atoms with Crippen LogP contribution in [0.15, 0.2) is 36.4 Å². The van der Waals surface area contributed by atoms with Gasteiger partial charge in [0.05, 0.1) is 22.8 Å². The van der Waals surface area contributed by atoms with Crippen molar-refractivity contribution in [1.29, 1.82) is 0 Å². The van der Waals surface area contributed by atoms with E-state index in [0.717, 1.165) is 0 Å². The minimum Gasteiger partial charge on any atom is -0.495 e. The molecule has 2 rings (SSSR count). The van der Waals surface area contributed by atoms with E-state index >= 15 is 0 Å². The minimum absolute atomic E-state index is 0.223. The molecule has 0 saturated heterocycles. The summed E-state index contributed by atoms with van der Waals surface area (Å²) in [6.07, 6.45) is 0. The van der Waals surface area contributed by atoms with Gasteiger partial charge in [-0.1, -0.05) is 29.3 Å². The van der Waals surface area contributed by atoms with Gasteiger partial charge in [-0.3, -0.25) is 9.59 Å². The standard InChI is InChI=1S/C17H16Cl2N2O4/c1-10(22)20-11-6-7-15(24-2)14(8-11)21-16(23)9-25-17-12(18)4-3-5-13(17)19/h3-8H,9H2,1-2H3,(H,20,22)(H,21,23). The number of anilines is 2. The number of hydrogen-bond donors (Lipinski definition) is 2. The van der Waals surface area contributed by atoms with Crippen molar-refractivity contribution in [2.24, 2.45) is 0 Å². The highest BCUT2D eigenvalue weighted by atomic mass is 35.5. The Kier molecular flexibility index (Phi) is 6.50. The van der Waals surface area contributed by atoms with Gasteiger partial charge in [0.2, 0.25) is 5.91 Å². The van der Waals surface area contributed by atoms with E-state index in [4.69, 9.17) is 32.7 Å². The topological polar surface area (TPSA) is 76.7 Å². The SMILES string of the molecule is COc1ccc(NC(C)=O)cc1NC(=O)COc1c(Cl)cccc1Cl. The number of nitrogens with one attached hydrogen (secondary N) is 2. The molecule has 0 unspecified atom stereocenters. The lowest BCUT2D eigenvalue weighted by Gasteiger charge is -2.13. The summed E-state index contributed by atoms with van der Waals surface area (Å²) < 4.78 is 10.6. The van der Waals surface area contributed by atoms with Crippen molar-refractivity contribution in [3.05, 3.63) is 46.4 Å². The Morgan fingerprint density at radius 3 is 2.36 bits per heavy atom. The molecule has 8 heteroatoms. The zero-order valence-electron chi connectivity index (χ0n) is 13.6. The molecule has 0 fully saturated rings. The number of rotatable bonds is 6. The Morgan fingerprint density at radius 2 is 1.76 bits per heavy atom. The first-order valence-electron chi connectivity index (χ1n) is 7.23. The first-order chi connectivity index (χ1) is 11.9. The maximum atomic E-state index is 12.1. The normalized spacial score (nSPS) is 10.1. The Hall–Kier alpha value is -2.44. The first-order valence-corrected chi connectivity index (χ1v) is 7.98. The molecule has 0 aliphatic rings. The highest BCUT2D eigenvalue weighted by Gasteiger charge is 2.12. The number of benzene rings is 2. The molecule has 0 radical (unpaired) electrons. The Labute approximate surface area is 155 Å². The number of methoxy groups -OCH3 is 1. The first kappa shape index (κ1) is 18.9. The third-order valence-electron chi connectivity index (χ3n) is 3.06. The molecular weight excluding hydrogens is 367 g/mol. The van der Waals surface area contributed by atoms with Crippen LogP contribution in [-0.2, 0) is 9.59 Å². The van der Waals surface area contributed by atoms with Crippen molar-refractivity contribution < 1.29 is 19.1 Å². The van der Waals surface area contributed by atoms with E-state index in [1.54, 1.807) is 36.4 Å². The highest BCUT2D eigenvalue weighted by molar-refractivity contribution is 6.37. The van der Waals surface area contributed by atoms with E-state index in [-0.39, 0.29) is 18.3 Å². The third-order valence-corrected chi connectivity index (χ3v) is 3.66. The molecule has 6 nitrogen and oxygen atoms in total. The van der Waals surface area contributed by atoms with Crippen molar-refractivity contribution >= 4 is 46.4 Å². The molecule has 0 spiro atoms. The van der Waals surface area contributed by atoms with Crippen LogP contribution in [0.3, 0.4) is 0 Å². The third kappa shape index (κ3) is 5.27. The number of para-hydroxylation sites is 1. The van der Waals surface area contributed by atoms with Gasteiger partial charge in [-0.15, -0.1) is 0 Å². The van der Waals surface area contributed by atoms with Gasteiger partial charge in [-0.25, -0.2) is 0 Å². The number of amides is 2. The predicted octanol–water partition coefficient (Wildman–Crippen LogP) is 3.98. The predicted molar refractivity (Wildman–Crippen MR) is 97.9 cm³/mol. The zero-order valence-corrected chi connectivity index (χ0v) is 15.1. The van der Waals surface area contributed by atoms with Crippen molar-refractivity contribution in [3.63, 3.8) is 0 Å². The summed E-state index contributed by atoms with van der Waals surface area (Å²) in [6.45, 7) is 1.10. The minimum atomic E-state index is -0.436. The van der Waals surface area contributed by atoms with Crippen LogP contribution in [0, 0.1) is 0 Å². The smallest absolute Gasteiger partial charge is 0.262 e. The number of carbonyl (C=O) groups is 2. The molecule has 132 valence electrons. The van der Waals surface area contributed by atoms with Gasteiger partial charge in [-0.05, 0) is 30.3 Å². The second-order valence-electron chi connectivity index (χ2n) is 4.98. The summed E-state index contributed by atoms with van der Waals surface area (Å²) in [5, 5.41) is 5.91. The fourth-order valence-corrected chi connectivity index (χ4v) is 2.54. The Bertz CT molecular complexity index is 776. The molecule has 0 heterocycles. The van der Waals surface area contributed by atoms with E-state index in [9.17, 15) is 9.59 Å². The summed E-state index contributed by atoms with van der Waals surface area (Å²) >= 11 is 12.0. The fourth-order valence-electron chi connectivity index (χ4n) is 2.03. The molecule has 0 aromatic heterocycles. The molecule has 2 aromatic rings. The highest BCUT2D eigenvalue weighted by Crippen LogP contribution is 2.32. The summed E-state index contributed by atoms with van der Waals surface area (Å²) in [7, 11) is 1.48. The van der Waals surface area contributed by atoms with Gasteiger partial charge in [0.1, 0.15) is 5.75 Å². The van der Waals surface area contributed by atoms with Gasteiger partial charge < -0.3 is 20.1 Å². The van der Waals surface area contributed by atoms with E-state index in [1.807, 2.05) is 0 Å². The number of ether oxygens (including phenoxy) is 2. The van der Waals surface area contributed by atoms with Gasteiger partial charge in [0, 0.05) is 12.6 Å². The van der Waals surface area contributed by atoms with Crippen LogP contribution >= 0.6 is 23.2 Å². The van der Waals surface area contributed by atoms with Crippen LogP contribution in [0.5, 0.6) is 11.5 Å². The number of halogens is 2. The fraction of sp³-hybridized carbons (Fsp3) is 0.176. The maximum Gasteiger partial charge on any atom is 0.262 e. The second kappa shape index (κ2) is 8.60. The van der Waals surface area contributed by atoms with Crippen LogP contribution in [0.4, 0.5) is 11.4 Å². The van der Waals surface area contributed by atoms with Crippen molar-refractivity contribution in [2.75, 3.05) is 24.4 Å². The van der Waals surface area contributed by atoms with E-state index < -0.39 is 5.91 Å². The Balaban J connectivity index is 2.07. The Morgan fingerprint density at radius 1 is 1.08 bits per heavy atom. The average Bonchev–Trinajstić information content (AvgIpc) is 2.54. The largest absolute Gasteiger partial charge is 0.495 e. The molecule has 25 heavy (non-hydrogen) atoms. The molecular formula is C17H16Cl2N2O4. The van der Waals surface area contributed by atoms with Crippen molar-refractivity contribution in [1.82, 2.24) is 0 Å². The molecule has 0 aliphatic carbocycles. The second-order valence-corrected chi connectivity index (χ2v) is 5.80. The lowest BCUT2D eigenvalue weighted by molar-refractivity contribution is -0.118. The molecule has 0 atom stereocenters. The van der Waals surface area contributed by atoms with Gasteiger partial charge in [0.25, 0.3) is 5.91 Å². The van der Waals surface area contributed by atoms with Gasteiger partial charge in [0.15, 0.2) is 12.4 Å². The monoisotopic (exact) mass is 382 g/mol. The quantitative estimate of drug-likeness (QED) is 0.791. The number of carbonyl (C=O) groups excluding carboxylic acids is 2. The molecule has 0 saturated carbocycles. The van der Waals surface area contributed by atoms with Crippen molar-refractivity contribution in [2.45, 2.75) is 6.92 Å². The van der Waals surface area contributed by atoms with Gasteiger partial charge >= 0.3 is 0 Å². The average molecular weight is 383 g/mol.